The van der Waals surface area contributed by atoms with Gasteiger partial charge < -0.3 is 19.7 Å². The molecular weight excluding hydrogens is 375 g/mol. The van der Waals surface area contributed by atoms with Gasteiger partial charge in [-0.25, -0.2) is 4.39 Å². The van der Waals surface area contributed by atoms with E-state index in [1.165, 1.54) is 24.1 Å². The zero-order chi connectivity index (χ0) is 21.2. The summed E-state index contributed by atoms with van der Waals surface area (Å²) >= 11 is 0. The number of para-hydroxylation sites is 2. The smallest absolute Gasteiger partial charge is 0.261 e. The fourth-order valence-corrected chi connectivity index (χ4v) is 2.96. The number of rotatable bonds is 10. The lowest BCUT2D eigenvalue weighted by molar-refractivity contribution is -0.142. The van der Waals surface area contributed by atoms with Crippen LogP contribution in [0.3, 0.4) is 0 Å². The van der Waals surface area contributed by atoms with Crippen molar-refractivity contribution < 1.29 is 23.5 Å². The first kappa shape index (κ1) is 22.2. The molecule has 2 amide bonds. The Labute approximate surface area is 170 Å². The number of benzene rings is 2. The van der Waals surface area contributed by atoms with Crippen LogP contribution < -0.4 is 14.8 Å². The summed E-state index contributed by atoms with van der Waals surface area (Å²) in [5.74, 6) is 0.0141. The average Bonchev–Trinajstić information content (AvgIpc) is 2.73. The average molecular weight is 402 g/mol. The largest absolute Gasteiger partial charge is 0.493 e. The van der Waals surface area contributed by atoms with Crippen LogP contribution in [0.2, 0.25) is 0 Å². The Morgan fingerprint density at radius 2 is 1.72 bits per heavy atom. The molecule has 2 aromatic carbocycles. The standard InChI is InChI=1S/C22H27FN2O4/c1-4-18(22(27)24-5-2)25(14-16-10-12-17(23)13-11-16)21(26)15-29-20-9-7-6-8-19(20)28-3/h6-13,18H,4-5,14-15H2,1-3H3,(H,24,27)/t18-/m0/s1. The van der Waals surface area contributed by atoms with Gasteiger partial charge in [0.15, 0.2) is 18.1 Å². The molecule has 0 aromatic heterocycles. The Morgan fingerprint density at radius 1 is 1.07 bits per heavy atom. The maximum atomic E-state index is 13.2. The molecule has 0 aliphatic heterocycles. The molecule has 0 radical (unpaired) electrons. The summed E-state index contributed by atoms with van der Waals surface area (Å²) in [6.07, 6.45) is 0.438. The molecule has 7 heteroatoms. The zero-order valence-electron chi connectivity index (χ0n) is 17.0. The summed E-state index contributed by atoms with van der Waals surface area (Å²) in [6, 6.07) is 12.2. The fourth-order valence-electron chi connectivity index (χ4n) is 2.96. The Bertz CT molecular complexity index is 811. The number of halogens is 1. The van der Waals surface area contributed by atoms with Crippen molar-refractivity contribution in [1.29, 1.82) is 0 Å². The molecule has 2 aromatic rings. The van der Waals surface area contributed by atoms with E-state index in [0.717, 1.165) is 5.56 Å². The number of carbonyl (C=O) groups is 2. The van der Waals surface area contributed by atoms with Gasteiger partial charge in [-0.05, 0) is 43.2 Å². The van der Waals surface area contributed by atoms with Gasteiger partial charge in [0.25, 0.3) is 5.91 Å². The molecular formula is C22H27FN2O4. The molecule has 1 atom stereocenters. The van der Waals surface area contributed by atoms with Gasteiger partial charge in [-0.1, -0.05) is 31.2 Å². The van der Waals surface area contributed by atoms with Gasteiger partial charge in [-0.2, -0.15) is 0 Å². The Kier molecular flexibility index (Phi) is 8.45. The minimum atomic E-state index is -0.659. The Balaban J connectivity index is 2.20. The Morgan fingerprint density at radius 3 is 2.31 bits per heavy atom. The highest BCUT2D eigenvalue weighted by Gasteiger charge is 2.28. The van der Waals surface area contributed by atoms with E-state index in [-0.39, 0.29) is 30.8 Å². The summed E-state index contributed by atoms with van der Waals surface area (Å²) in [5, 5.41) is 2.77. The number of nitrogens with one attached hydrogen (secondary N) is 1. The highest BCUT2D eigenvalue weighted by Crippen LogP contribution is 2.26. The first-order chi connectivity index (χ1) is 14.0. The summed E-state index contributed by atoms with van der Waals surface area (Å²) < 4.78 is 24.1. The number of ether oxygens (including phenoxy) is 2. The van der Waals surface area contributed by atoms with Gasteiger partial charge >= 0.3 is 0 Å². The van der Waals surface area contributed by atoms with Crippen LogP contribution in [0.4, 0.5) is 4.39 Å². The van der Waals surface area contributed by atoms with E-state index in [1.807, 2.05) is 13.8 Å². The maximum absolute atomic E-state index is 13.2. The minimum Gasteiger partial charge on any atom is -0.493 e. The van der Waals surface area contributed by atoms with Crippen LogP contribution in [0, 0.1) is 5.82 Å². The lowest BCUT2D eigenvalue weighted by atomic mass is 10.1. The van der Waals surface area contributed by atoms with Crippen LogP contribution in [0.5, 0.6) is 11.5 Å². The molecule has 6 nitrogen and oxygen atoms in total. The molecule has 2 rings (SSSR count). The van der Waals surface area contributed by atoms with Crippen molar-refractivity contribution >= 4 is 11.8 Å². The van der Waals surface area contributed by atoms with Crippen molar-refractivity contribution in [3.63, 3.8) is 0 Å². The van der Waals surface area contributed by atoms with Crippen LogP contribution >= 0.6 is 0 Å². The predicted octanol–water partition coefficient (Wildman–Crippen LogP) is 3.16. The summed E-state index contributed by atoms with van der Waals surface area (Å²) in [4.78, 5) is 27.0. The first-order valence-corrected chi connectivity index (χ1v) is 9.57. The predicted molar refractivity (Wildman–Crippen MR) is 108 cm³/mol. The lowest BCUT2D eigenvalue weighted by Crippen LogP contribution is -2.50. The number of carbonyl (C=O) groups excluding carboxylic acids is 2. The van der Waals surface area contributed by atoms with E-state index in [4.69, 9.17) is 9.47 Å². The van der Waals surface area contributed by atoms with Gasteiger partial charge in [-0.15, -0.1) is 0 Å². The van der Waals surface area contributed by atoms with E-state index in [2.05, 4.69) is 5.32 Å². The van der Waals surface area contributed by atoms with Crippen LogP contribution in [0.25, 0.3) is 0 Å². The van der Waals surface area contributed by atoms with Gasteiger partial charge in [0, 0.05) is 13.1 Å². The monoisotopic (exact) mass is 402 g/mol. The van der Waals surface area contributed by atoms with E-state index in [0.29, 0.717) is 24.5 Å². The third kappa shape index (κ3) is 6.20. The molecule has 0 saturated carbocycles. The quantitative estimate of drug-likeness (QED) is 0.663. The van der Waals surface area contributed by atoms with E-state index in [9.17, 15) is 14.0 Å². The molecule has 0 saturated heterocycles. The van der Waals surface area contributed by atoms with E-state index >= 15 is 0 Å². The molecule has 29 heavy (non-hydrogen) atoms. The third-order valence-electron chi connectivity index (χ3n) is 4.42. The number of hydrogen-bond donors (Lipinski definition) is 1. The summed E-state index contributed by atoms with van der Waals surface area (Å²) in [7, 11) is 1.52. The topological polar surface area (TPSA) is 67.9 Å². The highest BCUT2D eigenvalue weighted by molar-refractivity contribution is 5.88. The van der Waals surface area contributed by atoms with Crippen molar-refractivity contribution in [3.8, 4) is 11.5 Å². The van der Waals surface area contributed by atoms with E-state index < -0.39 is 6.04 Å². The molecule has 0 unspecified atom stereocenters. The number of hydrogen-bond acceptors (Lipinski definition) is 4. The lowest BCUT2D eigenvalue weighted by Gasteiger charge is -2.30. The summed E-state index contributed by atoms with van der Waals surface area (Å²) in [5.41, 5.74) is 0.722. The molecule has 0 aliphatic rings. The second-order valence-electron chi connectivity index (χ2n) is 6.41. The SMILES string of the molecule is CCNC(=O)[C@H](CC)N(Cc1ccc(F)cc1)C(=O)COc1ccccc1OC. The van der Waals surface area contributed by atoms with Gasteiger partial charge in [-0.3, -0.25) is 9.59 Å². The van der Waals surface area contributed by atoms with Crippen LogP contribution in [0.15, 0.2) is 48.5 Å². The Hall–Kier alpha value is -3.09. The molecule has 156 valence electrons. The molecule has 0 spiro atoms. The third-order valence-corrected chi connectivity index (χ3v) is 4.42. The van der Waals surface area contributed by atoms with Crippen LogP contribution in [-0.2, 0) is 16.1 Å². The minimum absolute atomic E-state index is 0.171. The van der Waals surface area contributed by atoms with Gasteiger partial charge in [0.1, 0.15) is 11.9 Å². The van der Waals surface area contributed by atoms with Crippen LogP contribution in [-0.4, -0.2) is 43.0 Å². The van der Waals surface area contributed by atoms with Crippen molar-refractivity contribution in [2.45, 2.75) is 32.9 Å². The van der Waals surface area contributed by atoms with Crippen molar-refractivity contribution in [3.05, 3.63) is 59.9 Å². The van der Waals surface area contributed by atoms with Crippen molar-refractivity contribution in [2.24, 2.45) is 0 Å². The number of methoxy groups -OCH3 is 1. The van der Waals surface area contributed by atoms with Crippen molar-refractivity contribution in [1.82, 2.24) is 10.2 Å². The van der Waals surface area contributed by atoms with Gasteiger partial charge in [0.05, 0.1) is 7.11 Å². The maximum Gasteiger partial charge on any atom is 0.261 e. The molecule has 0 fully saturated rings. The molecule has 0 heterocycles. The molecule has 0 aliphatic carbocycles. The van der Waals surface area contributed by atoms with Gasteiger partial charge in [0.2, 0.25) is 5.91 Å². The molecule has 1 N–H and O–H groups in total. The van der Waals surface area contributed by atoms with Crippen molar-refractivity contribution in [2.75, 3.05) is 20.3 Å². The fraction of sp³-hybridized carbons (Fsp3) is 0.364. The van der Waals surface area contributed by atoms with Crippen LogP contribution in [0.1, 0.15) is 25.8 Å². The second kappa shape index (κ2) is 11.0. The first-order valence-electron chi connectivity index (χ1n) is 9.57. The van der Waals surface area contributed by atoms with E-state index in [1.54, 1.807) is 36.4 Å². The molecule has 0 bridgehead atoms. The number of likely N-dealkylation sites (N-methyl/N-ethyl adjacent to an activating group) is 1. The summed E-state index contributed by atoms with van der Waals surface area (Å²) in [6.45, 7) is 4.04. The normalized spacial score (nSPS) is 11.4. The number of amides is 2. The highest BCUT2D eigenvalue weighted by atomic mass is 19.1. The zero-order valence-corrected chi connectivity index (χ0v) is 17.0. The second-order valence-corrected chi connectivity index (χ2v) is 6.41. The number of nitrogens with zero attached hydrogens (tertiary/aromatic N) is 1.